The molecule has 0 fully saturated rings. The fourth-order valence-corrected chi connectivity index (χ4v) is 1.75. The number of thioether (sulfide) groups is 1. The molecule has 2 heteroatoms. The molecule has 0 aliphatic rings. The van der Waals surface area contributed by atoms with Gasteiger partial charge in [0, 0.05) is 10.9 Å². The summed E-state index contributed by atoms with van der Waals surface area (Å²) in [7, 11) is 0. The highest BCUT2D eigenvalue weighted by Gasteiger charge is 2.03. The first-order valence-electron chi connectivity index (χ1n) is 3.64. The standard InChI is InChI=1S/C9H13NS/c1-7(10)8-5-3-4-6-9(8)11-2/h3-7H,10H2,1-2H3/t7-/m0/s1. The molecule has 60 valence electrons. The second-order valence-electron chi connectivity index (χ2n) is 2.53. The zero-order valence-corrected chi connectivity index (χ0v) is 7.69. The van der Waals surface area contributed by atoms with Crippen LogP contribution in [0.3, 0.4) is 0 Å². The maximum Gasteiger partial charge on any atom is 0.0277 e. The molecule has 11 heavy (non-hydrogen) atoms. The number of rotatable bonds is 2. The van der Waals surface area contributed by atoms with E-state index in [1.54, 1.807) is 11.8 Å². The Hall–Kier alpha value is -0.470. The van der Waals surface area contributed by atoms with Crippen LogP contribution in [0.4, 0.5) is 0 Å². The Morgan fingerprint density at radius 2 is 2.00 bits per heavy atom. The SMILES string of the molecule is CSc1ccccc1[C@H](C)N. The summed E-state index contributed by atoms with van der Waals surface area (Å²) in [5.74, 6) is 0. The van der Waals surface area contributed by atoms with Gasteiger partial charge >= 0.3 is 0 Å². The Morgan fingerprint density at radius 1 is 1.36 bits per heavy atom. The van der Waals surface area contributed by atoms with E-state index in [-0.39, 0.29) is 6.04 Å². The highest BCUT2D eigenvalue weighted by atomic mass is 32.2. The van der Waals surface area contributed by atoms with Crippen LogP contribution in [0.15, 0.2) is 29.2 Å². The largest absolute Gasteiger partial charge is 0.324 e. The van der Waals surface area contributed by atoms with Crippen molar-refractivity contribution in [3.05, 3.63) is 29.8 Å². The number of hydrogen-bond donors (Lipinski definition) is 1. The Bertz CT molecular complexity index is 233. The quantitative estimate of drug-likeness (QED) is 0.685. The van der Waals surface area contributed by atoms with Crippen molar-refractivity contribution in [2.45, 2.75) is 17.9 Å². The Labute approximate surface area is 72.0 Å². The predicted octanol–water partition coefficient (Wildman–Crippen LogP) is 2.43. The van der Waals surface area contributed by atoms with Crippen LogP contribution in [0.25, 0.3) is 0 Å². The van der Waals surface area contributed by atoms with E-state index in [2.05, 4.69) is 18.4 Å². The number of hydrogen-bond acceptors (Lipinski definition) is 2. The third-order valence-electron chi connectivity index (χ3n) is 1.63. The van der Waals surface area contributed by atoms with Gasteiger partial charge in [-0.2, -0.15) is 0 Å². The van der Waals surface area contributed by atoms with Gasteiger partial charge in [-0.3, -0.25) is 0 Å². The van der Waals surface area contributed by atoms with Gasteiger partial charge in [-0.25, -0.2) is 0 Å². The molecule has 1 rings (SSSR count). The topological polar surface area (TPSA) is 26.0 Å². The summed E-state index contributed by atoms with van der Waals surface area (Å²) in [6.07, 6.45) is 2.07. The Kier molecular flexibility index (Phi) is 2.97. The van der Waals surface area contributed by atoms with Crippen molar-refractivity contribution in [2.24, 2.45) is 5.73 Å². The van der Waals surface area contributed by atoms with Crippen LogP contribution in [-0.4, -0.2) is 6.26 Å². The Balaban J connectivity index is 3.02. The van der Waals surface area contributed by atoms with Crippen LogP contribution in [-0.2, 0) is 0 Å². The summed E-state index contributed by atoms with van der Waals surface area (Å²) >= 11 is 1.74. The van der Waals surface area contributed by atoms with Gasteiger partial charge in [0.05, 0.1) is 0 Å². The zero-order chi connectivity index (χ0) is 8.27. The molecular formula is C9H13NS. The highest BCUT2D eigenvalue weighted by Crippen LogP contribution is 2.23. The summed E-state index contributed by atoms with van der Waals surface area (Å²) in [6.45, 7) is 2.01. The van der Waals surface area contributed by atoms with Gasteiger partial charge < -0.3 is 5.73 Å². The van der Waals surface area contributed by atoms with Crippen molar-refractivity contribution in [2.75, 3.05) is 6.26 Å². The van der Waals surface area contributed by atoms with Crippen molar-refractivity contribution in [3.63, 3.8) is 0 Å². The van der Waals surface area contributed by atoms with Crippen LogP contribution < -0.4 is 5.73 Å². The van der Waals surface area contributed by atoms with Gasteiger partial charge in [0.25, 0.3) is 0 Å². The summed E-state index contributed by atoms with van der Waals surface area (Å²) in [4.78, 5) is 1.28. The highest BCUT2D eigenvalue weighted by molar-refractivity contribution is 7.98. The smallest absolute Gasteiger partial charge is 0.0277 e. The van der Waals surface area contributed by atoms with Crippen molar-refractivity contribution in [3.8, 4) is 0 Å². The first-order chi connectivity index (χ1) is 5.25. The van der Waals surface area contributed by atoms with E-state index < -0.39 is 0 Å². The fraction of sp³-hybridized carbons (Fsp3) is 0.333. The second kappa shape index (κ2) is 3.79. The molecule has 0 amide bonds. The van der Waals surface area contributed by atoms with Crippen LogP contribution >= 0.6 is 11.8 Å². The van der Waals surface area contributed by atoms with E-state index in [1.165, 1.54) is 10.5 Å². The van der Waals surface area contributed by atoms with E-state index in [0.717, 1.165) is 0 Å². The summed E-state index contributed by atoms with van der Waals surface area (Å²) in [6, 6.07) is 8.38. The maximum absolute atomic E-state index is 5.78. The molecule has 0 aliphatic carbocycles. The lowest BCUT2D eigenvalue weighted by atomic mass is 10.1. The molecule has 1 aromatic carbocycles. The lowest BCUT2D eigenvalue weighted by molar-refractivity contribution is 0.798. The van der Waals surface area contributed by atoms with Gasteiger partial charge in [-0.1, -0.05) is 18.2 Å². The average molecular weight is 167 g/mol. The van der Waals surface area contributed by atoms with Crippen molar-refractivity contribution < 1.29 is 0 Å². The third-order valence-corrected chi connectivity index (χ3v) is 2.44. The molecule has 1 aromatic rings. The van der Waals surface area contributed by atoms with E-state index in [4.69, 9.17) is 5.73 Å². The summed E-state index contributed by atoms with van der Waals surface area (Å²) < 4.78 is 0. The van der Waals surface area contributed by atoms with Gasteiger partial charge in [-0.05, 0) is 24.8 Å². The predicted molar refractivity (Wildman–Crippen MR) is 50.8 cm³/mol. The van der Waals surface area contributed by atoms with E-state index in [1.807, 2.05) is 19.1 Å². The normalized spacial score (nSPS) is 13.0. The average Bonchev–Trinajstić information content (AvgIpc) is 2.04. The summed E-state index contributed by atoms with van der Waals surface area (Å²) in [5.41, 5.74) is 7.01. The zero-order valence-electron chi connectivity index (χ0n) is 6.87. The molecular weight excluding hydrogens is 154 g/mol. The van der Waals surface area contributed by atoms with Gasteiger partial charge in [0.1, 0.15) is 0 Å². The molecule has 0 heterocycles. The number of nitrogens with two attached hydrogens (primary N) is 1. The lowest BCUT2D eigenvalue weighted by Gasteiger charge is -2.09. The van der Waals surface area contributed by atoms with E-state index in [9.17, 15) is 0 Å². The minimum absolute atomic E-state index is 0.138. The van der Waals surface area contributed by atoms with Crippen molar-refractivity contribution in [1.82, 2.24) is 0 Å². The van der Waals surface area contributed by atoms with Crippen molar-refractivity contribution in [1.29, 1.82) is 0 Å². The minimum Gasteiger partial charge on any atom is -0.324 e. The van der Waals surface area contributed by atoms with Crippen LogP contribution in [0, 0.1) is 0 Å². The molecule has 0 aliphatic heterocycles. The van der Waals surface area contributed by atoms with Crippen LogP contribution in [0.1, 0.15) is 18.5 Å². The fourth-order valence-electron chi connectivity index (χ4n) is 1.04. The van der Waals surface area contributed by atoms with E-state index >= 15 is 0 Å². The molecule has 0 spiro atoms. The van der Waals surface area contributed by atoms with Crippen molar-refractivity contribution >= 4 is 11.8 Å². The van der Waals surface area contributed by atoms with Crippen LogP contribution in [0.5, 0.6) is 0 Å². The second-order valence-corrected chi connectivity index (χ2v) is 3.38. The van der Waals surface area contributed by atoms with E-state index in [0.29, 0.717) is 0 Å². The first-order valence-corrected chi connectivity index (χ1v) is 4.86. The van der Waals surface area contributed by atoms with Gasteiger partial charge in [-0.15, -0.1) is 11.8 Å². The monoisotopic (exact) mass is 167 g/mol. The molecule has 2 N–H and O–H groups in total. The van der Waals surface area contributed by atoms with Gasteiger partial charge in [0.2, 0.25) is 0 Å². The molecule has 0 saturated carbocycles. The van der Waals surface area contributed by atoms with Crippen LogP contribution in [0.2, 0.25) is 0 Å². The third kappa shape index (κ3) is 1.98. The molecule has 0 bridgehead atoms. The first kappa shape index (κ1) is 8.62. The molecule has 0 radical (unpaired) electrons. The number of benzene rings is 1. The lowest BCUT2D eigenvalue weighted by Crippen LogP contribution is -2.05. The molecule has 0 aromatic heterocycles. The molecule has 1 atom stereocenters. The maximum atomic E-state index is 5.78. The molecule has 0 unspecified atom stereocenters. The Morgan fingerprint density at radius 3 is 2.45 bits per heavy atom. The van der Waals surface area contributed by atoms with Gasteiger partial charge in [0.15, 0.2) is 0 Å². The minimum atomic E-state index is 0.138. The molecule has 0 saturated heterocycles. The summed E-state index contributed by atoms with van der Waals surface area (Å²) in [5, 5.41) is 0. The molecule has 1 nitrogen and oxygen atoms in total.